The standard InChI is InChI=1S/C41H56N8O15/c1-21(53)33(47-37(59)32-5-3-15-49(32)39(61)29(19-51)45-34(56)26(42)16-22-6-10-24(54)11-7-22)38(60)46-30(20-52)40(62)48-14-2-4-31(48)36(58)44-28(18-50)35(57)43-27(41(63)64)17-23-8-12-25(55)13-9-23/h6-13,21,26-33,50-55H,2-5,14-20,42H2,1H3,(H,43,57)(H,44,58)(H,45,56)(H,46,60)(H,47,59)(H,63,64)/t21-,26+,27+,28+,29+,30+,31+,32+,33+/m1/s1. The first-order valence-corrected chi connectivity index (χ1v) is 20.6. The van der Waals surface area contributed by atoms with Crippen LogP contribution >= 0.6 is 0 Å². The molecule has 2 fully saturated rings. The normalized spacial score (nSPS) is 19.2. The first-order chi connectivity index (χ1) is 30.4. The van der Waals surface area contributed by atoms with Crippen molar-refractivity contribution >= 4 is 47.3 Å². The van der Waals surface area contributed by atoms with Gasteiger partial charge in [0.15, 0.2) is 0 Å². The number of nitrogens with two attached hydrogens (primary N) is 1. The first kappa shape index (κ1) is 50.2. The van der Waals surface area contributed by atoms with Gasteiger partial charge in [-0.05, 0) is 74.4 Å². The number of aliphatic hydroxyl groups is 4. The van der Waals surface area contributed by atoms with E-state index in [1.54, 1.807) is 12.1 Å². The maximum Gasteiger partial charge on any atom is 0.326 e. The molecule has 0 unspecified atom stereocenters. The van der Waals surface area contributed by atoms with Gasteiger partial charge in [-0.25, -0.2) is 4.79 Å². The van der Waals surface area contributed by atoms with Crippen molar-refractivity contribution in [1.29, 1.82) is 0 Å². The Bertz CT molecular complexity index is 1990. The smallest absolute Gasteiger partial charge is 0.326 e. The van der Waals surface area contributed by atoms with Crippen LogP contribution in [0, 0.1) is 0 Å². The van der Waals surface area contributed by atoms with Crippen LogP contribution in [0.2, 0.25) is 0 Å². The quantitative estimate of drug-likeness (QED) is 0.0558. The van der Waals surface area contributed by atoms with Gasteiger partial charge < -0.3 is 77.9 Å². The lowest BCUT2D eigenvalue weighted by molar-refractivity contribution is -0.145. The van der Waals surface area contributed by atoms with E-state index in [1.807, 2.05) is 0 Å². The molecule has 23 heteroatoms. The van der Waals surface area contributed by atoms with E-state index in [4.69, 9.17) is 5.73 Å². The van der Waals surface area contributed by atoms with Crippen molar-refractivity contribution < 1.29 is 74.1 Å². The highest BCUT2D eigenvalue weighted by Gasteiger charge is 2.42. The van der Waals surface area contributed by atoms with Crippen molar-refractivity contribution in [2.45, 2.75) is 99.9 Å². The summed E-state index contributed by atoms with van der Waals surface area (Å²) in [6.45, 7) is -1.62. The van der Waals surface area contributed by atoms with Gasteiger partial charge >= 0.3 is 5.97 Å². The number of hydrogen-bond acceptors (Lipinski definition) is 15. The van der Waals surface area contributed by atoms with Crippen molar-refractivity contribution in [3.05, 3.63) is 59.7 Å². The number of carbonyl (C=O) groups is 8. The molecule has 0 saturated carbocycles. The molecule has 23 nitrogen and oxygen atoms in total. The lowest BCUT2D eigenvalue weighted by Gasteiger charge is -2.31. The van der Waals surface area contributed by atoms with Crippen LogP contribution in [0.4, 0.5) is 0 Å². The molecule has 2 aromatic rings. The van der Waals surface area contributed by atoms with Crippen LogP contribution in [0.25, 0.3) is 0 Å². The molecular formula is C41H56N8O15. The molecule has 2 aliphatic rings. The molecule has 14 N–H and O–H groups in total. The van der Waals surface area contributed by atoms with Crippen LogP contribution in [-0.4, -0.2) is 180 Å². The number of aromatic hydroxyl groups is 2. The van der Waals surface area contributed by atoms with E-state index >= 15 is 0 Å². The number of phenolic OH excluding ortho intramolecular Hbond substituents is 2. The first-order valence-electron chi connectivity index (χ1n) is 20.6. The van der Waals surface area contributed by atoms with Gasteiger partial charge in [0.2, 0.25) is 41.4 Å². The number of phenols is 2. The minimum Gasteiger partial charge on any atom is -0.508 e. The largest absolute Gasteiger partial charge is 0.508 e. The minimum atomic E-state index is -1.73. The summed E-state index contributed by atoms with van der Waals surface area (Å²) in [5, 5.41) is 81.0. The Balaban J connectivity index is 1.35. The van der Waals surface area contributed by atoms with Gasteiger partial charge in [-0.3, -0.25) is 33.6 Å². The summed E-state index contributed by atoms with van der Waals surface area (Å²) >= 11 is 0. The van der Waals surface area contributed by atoms with Crippen molar-refractivity contribution in [1.82, 2.24) is 36.4 Å². The molecule has 2 heterocycles. The molecule has 0 aromatic heterocycles. The van der Waals surface area contributed by atoms with Crippen LogP contribution in [0.3, 0.4) is 0 Å². The van der Waals surface area contributed by atoms with Crippen LogP contribution in [0.5, 0.6) is 11.5 Å². The number of hydrogen-bond donors (Lipinski definition) is 13. The highest BCUT2D eigenvalue weighted by atomic mass is 16.4. The predicted octanol–water partition coefficient (Wildman–Crippen LogP) is -4.94. The van der Waals surface area contributed by atoms with Crippen molar-refractivity contribution in [3.8, 4) is 11.5 Å². The summed E-state index contributed by atoms with van der Waals surface area (Å²) in [6.07, 6.45) is -0.973. The van der Waals surface area contributed by atoms with Gasteiger partial charge in [0.05, 0.1) is 32.0 Å². The lowest BCUT2D eigenvalue weighted by Crippen LogP contribution is -2.62. The Morgan fingerprint density at radius 2 is 1.03 bits per heavy atom. The summed E-state index contributed by atoms with van der Waals surface area (Å²) < 4.78 is 0. The van der Waals surface area contributed by atoms with Crippen LogP contribution in [-0.2, 0) is 51.2 Å². The SMILES string of the molecule is C[C@@H](O)[C@H](NC(=O)[C@@H]1CCCN1C(=O)[C@H](CO)NC(=O)[C@@H](N)Cc1ccc(O)cc1)C(=O)N[C@@H](CO)C(=O)N1CCC[C@H]1C(=O)N[C@@H](CO)C(=O)N[C@@H](Cc1ccc(O)cc1)C(=O)O. The molecule has 64 heavy (non-hydrogen) atoms. The third-order valence-corrected chi connectivity index (χ3v) is 10.9. The second kappa shape index (κ2) is 23.3. The molecule has 0 aliphatic carbocycles. The zero-order valence-electron chi connectivity index (χ0n) is 35.0. The highest BCUT2D eigenvalue weighted by Crippen LogP contribution is 2.21. The molecule has 2 aliphatic heterocycles. The van der Waals surface area contributed by atoms with Crippen LogP contribution in [0.1, 0.15) is 43.7 Å². The zero-order chi connectivity index (χ0) is 47.2. The van der Waals surface area contributed by atoms with Crippen molar-refractivity contribution in [3.63, 3.8) is 0 Å². The van der Waals surface area contributed by atoms with E-state index in [0.717, 1.165) is 16.7 Å². The summed E-state index contributed by atoms with van der Waals surface area (Å²) in [6, 6.07) is -0.153. The summed E-state index contributed by atoms with van der Waals surface area (Å²) in [7, 11) is 0. The van der Waals surface area contributed by atoms with E-state index < -0.39 is 122 Å². The predicted molar refractivity (Wildman–Crippen MR) is 221 cm³/mol. The Hall–Kier alpha value is -6.40. The Kier molecular flexibility index (Phi) is 18.3. The zero-order valence-corrected chi connectivity index (χ0v) is 35.0. The van der Waals surface area contributed by atoms with E-state index in [9.17, 15) is 74.1 Å². The van der Waals surface area contributed by atoms with E-state index in [2.05, 4.69) is 26.6 Å². The van der Waals surface area contributed by atoms with Crippen molar-refractivity contribution in [2.75, 3.05) is 32.9 Å². The average Bonchev–Trinajstić information content (AvgIpc) is 3.97. The minimum absolute atomic E-state index is 0.0127. The maximum atomic E-state index is 13.7. The number of amides is 7. The maximum absolute atomic E-state index is 13.7. The third kappa shape index (κ3) is 13.3. The number of benzene rings is 2. The molecular weight excluding hydrogens is 844 g/mol. The van der Waals surface area contributed by atoms with Gasteiger partial charge in [0.1, 0.15) is 53.8 Å². The summed E-state index contributed by atoms with van der Waals surface area (Å²) in [5.74, 6) is -7.95. The van der Waals surface area contributed by atoms with Gasteiger partial charge in [-0.15, -0.1) is 0 Å². The number of nitrogens with one attached hydrogen (secondary N) is 5. The van der Waals surface area contributed by atoms with Crippen LogP contribution < -0.4 is 32.3 Å². The fraction of sp³-hybridized carbons (Fsp3) is 0.512. The van der Waals surface area contributed by atoms with E-state index in [1.165, 1.54) is 36.4 Å². The molecule has 2 saturated heterocycles. The van der Waals surface area contributed by atoms with E-state index in [0.29, 0.717) is 17.5 Å². The number of rotatable bonds is 21. The molecule has 7 amide bonds. The van der Waals surface area contributed by atoms with Crippen molar-refractivity contribution in [2.24, 2.45) is 5.73 Å². The average molecular weight is 901 g/mol. The lowest BCUT2D eigenvalue weighted by atomic mass is 10.1. The van der Waals surface area contributed by atoms with Gasteiger partial charge in [-0.2, -0.15) is 0 Å². The number of carboxylic acids is 1. The summed E-state index contributed by atoms with van der Waals surface area (Å²) in [4.78, 5) is 108. The fourth-order valence-electron chi connectivity index (χ4n) is 7.35. The second-order valence-corrected chi connectivity index (χ2v) is 15.6. The number of aliphatic carboxylic acids is 1. The fourth-order valence-corrected chi connectivity index (χ4v) is 7.35. The Morgan fingerprint density at radius 3 is 1.47 bits per heavy atom. The van der Waals surface area contributed by atoms with E-state index in [-0.39, 0.29) is 56.7 Å². The Labute approximate surface area is 367 Å². The molecule has 0 radical (unpaired) electrons. The second-order valence-electron chi connectivity index (χ2n) is 15.6. The van der Waals surface area contributed by atoms with Gasteiger partial charge in [0, 0.05) is 19.5 Å². The third-order valence-electron chi connectivity index (χ3n) is 10.9. The molecule has 0 spiro atoms. The number of likely N-dealkylation sites (tertiary alicyclic amines) is 2. The number of nitrogens with zero attached hydrogens (tertiary/aromatic N) is 2. The Morgan fingerprint density at radius 1 is 0.609 bits per heavy atom. The summed E-state index contributed by atoms with van der Waals surface area (Å²) in [5.41, 5.74) is 7.09. The monoisotopic (exact) mass is 900 g/mol. The number of aliphatic hydroxyl groups excluding tert-OH is 4. The molecule has 350 valence electrons. The van der Waals surface area contributed by atoms with Crippen LogP contribution in [0.15, 0.2) is 48.5 Å². The topological polar surface area (TPSA) is 371 Å². The number of carbonyl (C=O) groups excluding carboxylic acids is 7. The molecule has 0 bridgehead atoms. The van der Waals surface area contributed by atoms with Gasteiger partial charge in [0.25, 0.3) is 0 Å². The number of carboxylic acid groups (broad SMARTS) is 1. The van der Waals surface area contributed by atoms with Gasteiger partial charge in [-0.1, -0.05) is 24.3 Å². The molecule has 9 atom stereocenters. The highest BCUT2D eigenvalue weighted by molar-refractivity contribution is 5.98. The molecule has 4 rings (SSSR count). The molecule has 2 aromatic carbocycles.